The number of amides is 1. The van der Waals surface area contributed by atoms with E-state index in [0.29, 0.717) is 13.1 Å². The summed E-state index contributed by atoms with van der Waals surface area (Å²) in [5, 5.41) is 0. The smallest absolute Gasteiger partial charge is 0.230 e. The third-order valence-corrected chi connectivity index (χ3v) is 4.19. The summed E-state index contributed by atoms with van der Waals surface area (Å²) >= 11 is 1.60. The molecule has 1 heterocycles. The Bertz CT molecular complexity index is 398. The second-order valence-electron chi connectivity index (χ2n) is 4.51. The molecule has 1 aliphatic carbocycles. The zero-order valence-electron chi connectivity index (χ0n) is 9.69. The molecule has 0 spiro atoms. The predicted octanol–water partition coefficient (Wildman–Crippen LogP) is 1.15. The van der Waals surface area contributed by atoms with Crippen LogP contribution in [0.2, 0.25) is 0 Å². The minimum Gasteiger partial charge on any atom is -0.340 e. The molecule has 88 valence electrons. The Morgan fingerprint density at radius 1 is 1.69 bits per heavy atom. The number of carbonyl (C=O) groups is 1. The van der Waals surface area contributed by atoms with E-state index in [-0.39, 0.29) is 11.3 Å². The number of rotatable bonds is 4. The van der Waals surface area contributed by atoms with E-state index in [1.54, 1.807) is 16.2 Å². The Morgan fingerprint density at radius 3 is 2.81 bits per heavy atom. The summed E-state index contributed by atoms with van der Waals surface area (Å²) in [6.07, 6.45) is 1.88. The first-order valence-electron chi connectivity index (χ1n) is 5.44. The van der Waals surface area contributed by atoms with Crippen LogP contribution in [0.4, 0.5) is 0 Å². The minimum absolute atomic E-state index is 0.183. The number of nitrogens with zero attached hydrogens (tertiary/aromatic N) is 2. The Balaban J connectivity index is 2.01. The lowest BCUT2D eigenvalue weighted by atomic mass is 10.1. The van der Waals surface area contributed by atoms with Crippen LogP contribution in [0, 0.1) is 12.3 Å². The van der Waals surface area contributed by atoms with E-state index in [1.165, 1.54) is 0 Å². The van der Waals surface area contributed by atoms with Crippen molar-refractivity contribution in [2.75, 3.05) is 13.6 Å². The molecule has 4 nitrogen and oxygen atoms in total. The Hall–Kier alpha value is -0.940. The van der Waals surface area contributed by atoms with Gasteiger partial charge in [-0.05, 0) is 19.8 Å². The highest BCUT2D eigenvalue weighted by molar-refractivity contribution is 7.09. The normalized spacial score (nSPS) is 17.2. The van der Waals surface area contributed by atoms with Crippen molar-refractivity contribution in [3.8, 4) is 0 Å². The number of aryl methyl sites for hydroxylation is 1. The van der Waals surface area contributed by atoms with E-state index >= 15 is 0 Å². The van der Waals surface area contributed by atoms with Gasteiger partial charge in [0.1, 0.15) is 0 Å². The molecule has 1 aromatic rings. The molecule has 0 atom stereocenters. The van der Waals surface area contributed by atoms with Gasteiger partial charge in [-0.2, -0.15) is 0 Å². The molecule has 2 N–H and O–H groups in total. The summed E-state index contributed by atoms with van der Waals surface area (Å²) in [7, 11) is 1.84. The zero-order valence-corrected chi connectivity index (χ0v) is 10.5. The van der Waals surface area contributed by atoms with Crippen LogP contribution in [0.1, 0.15) is 23.4 Å². The van der Waals surface area contributed by atoms with E-state index in [4.69, 9.17) is 5.73 Å². The molecule has 0 aliphatic heterocycles. The van der Waals surface area contributed by atoms with Crippen LogP contribution >= 0.6 is 11.3 Å². The van der Waals surface area contributed by atoms with Crippen LogP contribution in [0.3, 0.4) is 0 Å². The largest absolute Gasteiger partial charge is 0.340 e. The highest BCUT2D eigenvalue weighted by Crippen LogP contribution is 2.46. The molecule has 0 unspecified atom stereocenters. The summed E-state index contributed by atoms with van der Waals surface area (Å²) in [6.45, 7) is 3.09. The zero-order chi connectivity index (χ0) is 11.8. The summed E-state index contributed by atoms with van der Waals surface area (Å²) in [4.78, 5) is 19.2. The maximum atomic E-state index is 12.1. The summed E-state index contributed by atoms with van der Waals surface area (Å²) in [5.74, 6) is 0.183. The molecule has 5 heteroatoms. The maximum Gasteiger partial charge on any atom is 0.230 e. The average Bonchev–Trinajstić information content (AvgIpc) is 2.99. The molecule has 0 aromatic carbocycles. The Morgan fingerprint density at radius 2 is 2.38 bits per heavy atom. The number of carbonyl (C=O) groups excluding carboxylic acids is 1. The van der Waals surface area contributed by atoms with Crippen molar-refractivity contribution < 1.29 is 4.79 Å². The van der Waals surface area contributed by atoms with E-state index in [2.05, 4.69) is 4.98 Å². The first-order valence-corrected chi connectivity index (χ1v) is 6.31. The molecule has 0 radical (unpaired) electrons. The van der Waals surface area contributed by atoms with Gasteiger partial charge in [0.25, 0.3) is 0 Å². The molecule has 1 aromatic heterocycles. The van der Waals surface area contributed by atoms with Gasteiger partial charge in [-0.25, -0.2) is 4.98 Å². The van der Waals surface area contributed by atoms with Crippen molar-refractivity contribution in [3.05, 3.63) is 16.1 Å². The first-order chi connectivity index (χ1) is 7.59. The van der Waals surface area contributed by atoms with Crippen LogP contribution in [0.5, 0.6) is 0 Å². The first kappa shape index (κ1) is 11.5. The quantitative estimate of drug-likeness (QED) is 0.857. The molecular formula is C11H17N3OS. The fraction of sp³-hybridized carbons (Fsp3) is 0.636. The molecule has 1 amide bonds. The van der Waals surface area contributed by atoms with Crippen molar-refractivity contribution in [1.29, 1.82) is 0 Å². The summed E-state index contributed by atoms with van der Waals surface area (Å²) < 4.78 is 0. The highest BCUT2D eigenvalue weighted by atomic mass is 32.1. The molecule has 1 fully saturated rings. The van der Waals surface area contributed by atoms with E-state index < -0.39 is 0 Å². The van der Waals surface area contributed by atoms with Crippen LogP contribution in [-0.2, 0) is 11.3 Å². The standard InChI is InChI=1S/C11H17N3OS/c1-8-9(16-7-13-8)5-14(2)10(15)11(6-12)3-4-11/h7H,3-6,12H2,1-2H3. The number of thiazole rings is 1. The number of hydrogen-bond donors (Lipinski definition) is 1. The van der Waals surface area contributed by atoms with Gasteiger partial charge in [-0.3, -0.25) is 4.79 Å². The van der Waals surface area contributed by atoms with Gasteiger partial charge in [-0.15, -0.1) is 11.3 Å². The van der Waals surface area contributed by atoms with Gasteiger partial charge in [0.15, 0.2) is 0 Å². The maximum absolute atomic E-state index is 12.1. The van der Waals surface area contributed by atoms with Gasteiger partial charge >= 0.3 is 0 Å². The van der Waals surface area contributed by atoms with Gasteiger partial charge in [0.05, 0.1) is 23.2 Å². The summed E-state index contributed by atoms with van der Waals surface area (Å²) in [5.41, 5.74) is 8.25. The van der Waals surface area contributed by atoms with Crippen LogP contribution in [-0.4, -0.2) is 29.4 Å². The predicted molar refractivity (Wildman–Crippen MR) is 64.0 cm³/mol. The molecule has 0 saturated heterocycles. The van der Waals surface area contributed by atoms with Crippen molar-refractivity contribution >= 4 is 17.2 Å². The van der Waals surface area contributed by atoms with Crippen LogP contribution in [0.15, 0.2) is 5.51 Å². The Kier molecular flexibility index (Phi) is 2.99. The van der Waals surface area contributed by atoms with Crippen molar-refractivity contribution in [2.45, 2.75) is 26.3 Å². The van der Waals surface area contributed by atoms with E-state index in [9.17, 15) is 4.79 Å². The lowest BCUT2D eigenvalue weighted by Crippen LogP contribution is -2.37. The number of nitrogens with two attached hydrogens (primary N) is 1. The van der Waals surface area contributed by atoms with E-state index in [1.807, 2.05) is 19.5 Å². The lowest BCUT2D eigenvalue weighted by Gasteiger charge is -2.22. The molecule has 2 rings (SSSR count). The highest BCUT2D eigenvalue weighted by Gasteiger charge is 2.49. The second-order valence-corrected chi connectivity index (χ2v) is 5.45. The third-order valence-electron chi connectivity index (χ3n) is 3.27. The van der Waals surface area contributed by atoms with Crippen LogP contribution in [0.25, 0.3) is 0 Å². The van der Waals surface area contributed by atoms with Gasteiger partial charge < -0.3 is 10.6 Å². The fourth-order valence-electron chi connectivity index (χ4n) is 1.83. The average molecular weight is 239 g/mol. The lowest BCUT2D eigenvalue weighted by molar-refractivity contribution is -0.135. The van der Waals surface area contributed by atoms with E-state index in [0.717, 1.165) is 23.4 Å². The number of hydrogen-bond acceptors (Lipinski definition) is 4. The van der Waals surface area contributed by atoms with Crippen molar-refractivity contribution in [3.63, 3.8) is 0 Å². The SMILES string of the molecule is Cc1ncsc1CN(C)C(=O)C1(CN)CC1. The second kappa shape index (κ2) is 4.14. The molecule has 16 heavy (non-hydrogen) atoms. The van der Waals surface area contributed by atoms with Gasteiger partial charge in [0, 0.05) is 18.5 Å². The van der Waals surface area contributed by atoms with Crippen molar-refractivity contribution in [2.24, 2.45) is 11.1 Å². The third kappa shape index (κ3) is 1.97. The minimum atomic E-state index is -0.243. The topological polar surface area (TPSA) is 59.2 Å². The molecular weight excluding hydrogens is 222 g/mol. The van der Waals surface area contributed by atoms with Gasteiger partial charge in [0.2, 0.25) is 5.91 Å². The molecule has 1 saturated carbocycles. The number of aromatic nitrogens is 1. The molecule has 1 aliphatic rings. The Labute approximate surface area is 99.5 Å². The van der Waals surface area contributed by atoms with Crippen LogP contribution < -0.4 is 5.73 Å². The molecule has 0 bridgehead atoms. The van der Waals surface area contributed by atoms with Gasteiger partial charge in [-0.1, -0.05) is 0 Å². The summed E-state index contributed by atoms with van der Waals surface area (Å²) in [6, 6.07) is 0. The van der Waals surface area contributed by atoms with Crippen molar-refractivity contribution in [1.82, 2.24) is 9.88 Å². The fourth-order valence-corrected chi connectivity index (χ4v) is 2.66. The monoisotopic (exact) mass is 239 g/mol.